The maximum Gasteiger partial charge on any atom is 0.174 e. The predicted octanol–water partition coefficient (Wildman–Crippen LogP) is 5.64. The standard InChI is InChI=1S/C16H11BrOS2/c17-12-4-2-5-13(9-12)20-10-15(18)14-6-1-3-11-7-8-19-16(11)14/h1-9H,10H2. The van der Waals surface area contributed by atoms with Gasteiger partial charge in [0.1, 0.15) is 0 Å². The van der Waals surface area contributed by atoms with Crippen molar-refractivity contribution in [3.8, 4) is 0 Å². The molecule has 1 heterocycles. The lowest BCUT2D eigenvalue weighted by atomic mass is 10.1. The SMILES string of the molecule is O=C(CSc1cccc(Br)c1)c1cccc2ccsc12. The number of rotatable bonds is 4. The van der Waals surface area contributed by atoms with Crippen LogP contribution in [0.4, 0.5) is 0 Å². The molecule has 3 rings (SSSR count). The summed E-state index contributed by atoms with van der Waals surface area (Å²) < 4.78 is 2.13. The topological polar surface area (TPSA) is 17.1 Å². The first-order valence-electron chi connectivity index (χ1n) is 6.12. The number of hydrogen-bond acceptors (Lipinski definition) is 3. The van der Waals surface area contributed by atoms with Gasteiger partial charge in [-0.2, -0.15) is 0 Å². The van der Waals surface area contributed by atoms with Crippen LogP contribution in [0.2, 0.25) is 0 Å². The number of hydrogen-bond donors (Lipinski definition) is 0. The quantitative estimate of drug-likeness (QED) is 0.441. The highest BCUT2D eigenvalue weighted by molar-refractivity contribution is 9.10. The molecule has 0 atom stereocenters. The molecule has 0 aliphatic heterocycles. The first kappa shape index (κ1) is 13.9. The number of benzene rings is 2. The van der Waals surface area contributed by atoms with E-state index in [1.807, 2.05) is 47.8 Å². The molecule has 3 aromatic rings. The molecule has 0 aliphatic carbocycles. The zero-order valence-electron chi connectivity index (χ0n) is 10.5. The molecule has 0 spiro atoms. The van der Waals surface area contributed by atoms with E-state index >= 15 is 0 Å². The molecule has 0 unspecified atom stereocenters. The van der Waals surface area contributed by atoms with Crippen LogP contribution < -0.4 is 0 Å². The van der Waals surface area contributed by atoms with Gasteiger partial charge in [-0.3, -0.25) is 4.79 Å². The van der Waals surface area contributed by atoms with Gasteiger partial charge in [-0.05, 0) is 41.1 Å². The number of carbonyl (C=O) groups is 1. The Labute approximate surface area is 134 Å². The van der Waals surface area contributed by atoms with Gasteiger partial charge in [-0.15, -0.1) is 23.1 Å². The normalized spacial score (nSPS) is 10.8. The van der Waals surface area contributed by atoms with Crippen LogP contribution in [0.25, 0.3) is 10.1 Å². The molecule has 1 aromatic heterocycles. The summed E-state index contributed by atoms with van der Waals surface area (Å²) in [5.74, 6) is 0.649. The number of thioether (sulfide) groups is 1. The molecule has 100 valence electrons. The Morgan fingerprint density at radius 3 is 2.85 bits per heavy atom. The van der Waals surface area contributed by atoms with Gasteiger partial charge in [0.25, 0.3) is 0 Å². The molecule has 0 amide bonds. The molecule has 0 saturated carbocycles. The molecule has 1 nitrogen and oxygen atoms in total. The van der Waals surface area contributed by atoms with Gasteiger partial charge in [0, 0.05) is 19.6 Å². The van der Waals surface area contributed by atoms with Crippen molar-refractivity contribution in [3.05, 3.63) is 63.9 Å². The van der Waals surface area contributed by atoms with Crippen LogP contribution >= 0.6 is 39.0 Å². The van der Waals surface area contributed by atoms with E-state index in [9.17, 15) is 4.79 Å². The zero-order valence-corrected chi connectivity index (χ0v) is 13.7. The smallest absolute Gasteiger partial charge is 0.174 e. The van der Waals surface area contributed by atoms with Crippen LogP contribution in [0.3, 0.4) is 0 Å². The largest absolute Gasteiger partial charge is 0.293 e. The fourth-order valence-electron chi connectivity index (χ4n) is 2.00. The predicted molar refractivity (Wildman–Crippen MR) is 91.0 cm³/mol. The Hall–Kier alpha value is -1.10. The highest BCUT2D eigenvalue weighted by atomic mass is 79.9. The van der Waals surface area contributed by atoms with Crippen LogP contribution in [0.1, 0.15) is 10.4 Å². The summed E-state index contributed by atoms with van der Waals surface area (Å²) in [7, 11) is 0. The second-order valence-electron chi connectivity index (χ2n) is 4.31. The third kappa shape index (κ3) is 2.97. The van der Waals surface area contributed by atoms with E-state index in [-0.39, 0.29) is 5.78 Å². The average molecular weight is 363 g/mol. The third-order valence-electron chi connectivity index (χ3n) is 2.95. The summed E-state index contributed by atoms with van der Waals surface area (Å²) in [4.78, 5) is 13.5. The van der Waals surface area contributed by atoms with Gasteiger partial charge >= 0.3 is 0 Å². The molecule has 0 radical (unpaired) electrons. The Balaban J connectivity index is 1.78. The molecule has 20 heavy (non-hydrogen) atoms. The maximum atomic E-state index is 12.4. The van der Waals surface area contributed by atoms with E-state index < -0.39 is 0 Å². The minimum Gasteiger partial charge on any atom is -0.293 e. The Morgan fingerprint density at radius 2 is 2.00 bits per heavy atom. The Bertz CT molecular complexity index is 764. The fraction of sp³-hybridized carbons (Fsp3) is 0.0625. The van der Waals surface area contributed by atoms with E-state index in [0.29, 0.717) is 5.75 Å². The highest BCUT2D eigenvalue weighted by Gasteiger charge is 2.11. The van der Waals surface area contributed by atoms with Crippen LogP contribution in [0.15, 0.2) is 63.3 Å². The van der Waals surface area contributed by atoms with Gasteiger partial charge in [-0.25, -0.2) is 0 Å². The number of carbonyl (C=O) groups excluding carboxylic acids is 1. The zero-order chi connectivity index (χ0) is 13.9. The van der Waals surface area contributed by atoms with Crippen molar-refractivity contribution in [1.29, 1.82) is 0 Å². The van der Waals surface area contributed by atoms with Crippen molar-refractivity contribution in [3.63, 3.8) is 0 Å². The molecule has 2 aromatic carbocycles. The lowest BCUT2D eigenvalue weighted by molar-refractivity contribution is 0.102. The maximum absolute atomic E-state index is 12.4. The fourth-order valence-corrected chi connectivity index (χ4v) is 4.32. The van der Waals surface area contributed by atoms with Crippen molar-refractivity contribution < 1.29 is 4.79 Å². The van der Waals surface area contributed by atoms with Gasteiger partial charge < -0.3 is 0 Å². The van der Waals surface area contributed by atoms with Crippen molar-refractivity contribution in [2.24, 2.45) is 0 Å². The van der Waals surface area contributed by atoms with Crippen LogP contribution in [-0.4, -0.2) is 11.5 Å². The van der Waals surface area contributed by atoms with Gasteiger partial charge in [0.15, 0.2) is 5.78 Å². The van der Waals surface area contributed by atoms with Gasteiger partial charge in [0.2, 0.25) is 0 Å². The lowest BCUT2D eigenvalue weighted by Crippen LogP contribution is -2.02. The minimum absolute atomic E-state index is 0.183. The summed E-state index contributed by atoms with van der Waals surface area (Å²) in [6.45, 7) is 0. The van der Waals surface area contributed by atoms with Gasteiger partial charge in [0.05, 0.1) is 5.75 Å². The van der Waals surface area contributed by atoms with Gasteiger partial charge in [-0.1, -0.05) is 34.1 Å². The second-order valence-corrected chi connectivity index (χ2v) is 7.19. The summed E-state index contributed by atoms with van der Waals surface area (Å²) >= 11 is 6.65. The first-order valence-corrected chi connectivity index (χ1v) is 8.77. The highest BCUT2D eigenvalue weighted by Crippen LogP contribution is 2.27. The molecule has 0 aliphatic rings. The molecule has 0 N–H and O–H groups in total. The summed E-state index contributed by atoms with van der Waals surface area (Å²) in [6, 6.07) is 16.0. The summed E-state index contributed by atoms with van der Waals surface area (Å²) in [5, 5.41) is 3.18. The molecular weight excluding hydrogens is 352 g/mol. The number of Topliss-reactive ketones (excluding diaryl/α,β-unsaturated/α-hetero) is 1. The van der Waals surface area contributed by atoms with Crippen molar-refractivity contribution in [2.45, 2.75) is 4.90 Å². The summed E-state index contributed by atoms with van der Waals surface area (Å²) in [5.41, 5.74) is 0.833. The Morgan fingerprint density at radius 1 is 1.15 bits per heavy atom. The molecule has 0 fully saturated rings. The van der Waals surface area contributed by atoms with Crippen LogP contribution in [0.5, 0.6) is 0 Å². The second kappa shape index (κ2) is 6.12. The average Bonchev–Trinajstić information content (AvgIpc) is 2.93. The summed E-state index contributed by atoms with van der Waals surface area (Å²) in [6.07, 6.45) is 0. The molecular formula is C16H11BrOS2. The van der Waals surface area contributed by atoms with E-state index in [1.165, 1.54) is 0 Å². The van der Waals surface area contributed by atoms with E-state index in [4.69, 9.17) is 0 Å². The van der Waals surface area contributed by atoms with E-state index in [0.717, 1.165) is 25.0 Å². The number of thiophene rings is 1. The number of halogens is 1. The van der Waals surface area contributed by atoms with E-state index in [1.54, 1.807) is 23.1 Å². The van der Waals surface area contributed by atoms with E-state index in [2.05, 4.69) is 22.0 Å². The van der Waals surface area contributed by atoms with Crippen molar-refractivity contribution in [2.75, 3.05) is 5.75 Å². The van der Waals surface area contributed by atoms with Crippen molar-refractivity contribution >= 4 is 54.9 Å². The molecule has 0 bridgehead atoms. The van der Waals surface area contributed by atoms with Crippen molar-refractivity contribution in [1.82, 2.24) is 0 Å². The first-order chi connectivity index (χ1) is 9.74. The lowest BCUT2D eigenvalue weighted by Gasteiger charge is -2.03. The third-order valence-corrected chi connectivity index (χ3v) is 5.40. The monoisotopic (exact) mass is 362 g/mol. The molecule has 0 saturated heterocycles. The van der Waals surface area contributed by atoms with Crippen LogP contribution in [0, 0.1) is 0 Å². The minimum atomic E-state index is 0.183. The van der Waals surface area contributed by atoms with Crippen LogP contribution in [-0.2, 0) is 0 Å². The Kier molecular flexibility index (Phi) is 4.24. The molecule has 4 heteroatoms. The number of ketones is 1. The number of fused-ring (bicyclic) bond motifs is 1.